The van der Waals surface area contributed by atoms with Crippen LogP contribution in [0.3, 0.4) is 0 Å². The predicted octanol–water partition coefficient (Wildman–Crippen LogP) is 1.91. The lowest BCUT2D eigenvalue weighted by Crippen LogP contribution is -2.37. The summed E-state index contributed by atoms with van der Waals surface area (Å²) in [5.41, 5.74) is 6.23. The largest absolute Gasteiger partial charge is 0.516 e. The first-order valence-electron chi connectivity index (χ1n) is 6.40. The SMILES string of the molecule is CC(C)(C)OC(=O)OC(=O)[C@@H](N)Cc1ccc(C#N)cc1. The van der Waals surface area contributed by atoms with Crippen LogP contribution in [0.25, 0.3) is 0 Å². The van der Waals surface area contributed by atoms with Crippen molar-refractivity contribution in [2.75, 3.05) is 0 Å². The van der Waals surface area contributed by atoms with Gasteiger partial charge in [-0.25, -0.2) is 9.59 Å². The first kappa shape index (κ1) is 16.7. The molecule has 1 aromatic carbocycles. The Balaban J connectivity index is 2.54. The molecule has 0 unspecified atom stereocenters. The van der Waals surface area contributed by atoms with Gasteiger partial charge in [-0.3, -0.25) is 0 Å². The summed E-state index contributed by atoms with van der Waals surface area (Å²) in [7, 11) is 0. The smallest absolute Gasteiger partial charge is 0.428 e. The van der Waals surface area contributed by atoms with Crippen LogP contribution < -0.4 is 5.73 Å². The van der Waals surface area contributed by atoms with Gasteiger partial charge in [0.2, 0.25) is 0 Å². The quantitative estimate of drug-likeness (QED) is 0.673. The van der Waals surface area contributed by atoms with Gasteiger partial charge in [0.05, 0.1) is 11.6 Å². The molecule has 0 saturated heterocycles. The van der Waals surface area contributed by atoms with Gasteiger partial charge in [-0.15, -0.1) is 0 Å². The Morgan fingerprint density at radius 3 is 2.33 bits per heavy atom. The van der Waals surface area contributed by atoms with Crippen LogP contribution in [0.5, 0.6) is 0 Å². The fourth-order valence-electron chi connectivity index (χ4n) is 1.48. The van der Waals surface area contributed by atoms with Gasteiger partial charge in [0.25, 0.3) is 0 Å². The van der Waals surface area contributed by atoms with Gasteiger partial charge in [-0.05, 0) is 44.9 Å². The van der Waals surface area contributed by atoms with Crippen LogP contribution in [-0.2, 0) is 20.7 Å². The molecule has 1 rings (SSSR count). The van der Waals surface area contributed by atoms with Crippen LogP contribution in [0.2, 0.25) is 0 Å². The third-order valence-electron chi connectivity index (χ3n) is 2.41. The average molecular weight is 290 g/mol. The summed E-state index contributed by atoms with van der Waals surface area (Å²) >= 11 is 0. The van der Waals surface area contributed by atoms with Gasteiger partial charge in [-0.1, -0.05) is 12.1 Å². The van der Waals surface area contributed by atoms with Crippen molar-refractivity contribution < 1.29 is 19.1 Å². The van der Waals surface area contributed by atoms with Crippen molar-refractivity contribution in [3.8, 4) is 6.07 Å². The summed E-state index contributed by atoms with van der Waals surface area (Å²) in [5.74, 6) is -0.853. The summed E-state index contributed by atoms with van der Waals surface area (Å²) in [6.07, 6.45) is -0.865. The first-order valence-corrected chi connectivity index (χ1v) is 6.40. The maximum atomic E-state index is 11.7. The van der Waals surface area contributed by atoms with Gasteiger partial charge in [0.1, 0.15) is 11.6 Å². The Hall–Kier alpha value is -2.39. The molecule has 0 aliphatic rings. The second kappa shape index (κ2) is 6.86. The second-order valence-electron chi connectivity index (χ2n) is 5.50. The van der Waals surface area contributed by atoms with E-state index in [1.807, 2.05) is 6.07 Å². The number of hydrogen-bond donors (Lipinski definition) is 1. The van der Waals surface area contributed by atoms with E-state index in [9.17, 15) is 9.59 Å². The normalized spacial score (nSPS) is 12.1. The third kappa shape index (κ3) is 6.06. The number of ether oxygens (including phenoxy) is 2. The standard InChI is InChI=1S/C15H18N2O4/c1-15(2,3)21-14(19)20-13(18)12(17)8-10-4-6-11(9-16)7-5-10/h4-7,12H,8,17H2,1-3H3/t12-/m0/s1. The molecule has 21 heavy (non-hydrogen) atoms. The minimum absolute atomic E-state index is 0.202. The van der Waals surface area contributed by atoms with E-state index in [1.54, 1.807) is 45.0 Å². The molecule has 6 nitrogen and oxygen atoms in total. The van der Waals surface area contributed by atoms with Crippen LogP contribution in [-0.4, -0.2) is 23.8 Å². The molecule has 0 amide bonds. The minimum Gasteiger partial charge on any atom is -0.428 e. The van der Waals surface area contributed by atoms with Crippen molar-refractivity contribution in [2.45, 2.75) is 38.8 Å². The van der Waals surface area contributed by atoms with Crippen molar-refractivity contribution >= 4 is 12.1 Å². The van der Waals surface area contributed by atoms with E-state index in [-0.39, 0.29) is 6.42 Å². The Morgan fingerprint density at radius 2 is 1.86 bits per heavy atom. The lowest BCUT2D eigenvalue weighted by molar-refractivity contribution is -0.142. The first-order chi connectivity index (χ1) is 9.71. The van der Waals surface area contributed by atoms with E-state index < -0.39 is 23.8 Å². The lowest BCUT2D eigenvalue weighted by atomic mass is 10.1. The topological polar surface area (TPSA) is 102 Å². The van der Waals surface area contributed by atoms with E-state index in [2.05, 4.69) is 4.74 Å². The third-order valence-corrected chi connectivity index (χ3v) is 2.41. The Morgan fingerprint density at radius 1 is 1.29 bits per heavy atom. The summed E-state index contributed by atoms with van der Waals surface area (Å²) in [5, 5.41) is 8.69. The van der Waals surface area contributed by atoms with E-state index in [0.717, 1.165) is 5.56 Å². The molecule has 112 valence electrons. The molecule has 0 bridgehead atoms. The maximum Gasteiger partial charge on any atom is 0.516 e. The van der Waals surface area contributed by atoms with Crippen LogP contribution in [0.1, 0.15) is 31.9 Å². The highest BCUT2D eigenvalue weighted by molar-refractivity contribution is 5.85. The Bertz CT molecular complexity index is 553. The molecule has 6 heteroatoms. The molecular formula is C15H18N2O4. The molecule has 1 aromatic rings. The highest BCUT2D eigenvalue weighted by Crippen LogP contribution is 2.10. The van der Waals surface area contributed by atoms with Crippen LogP contribution >= 0.6 is 0 Å². The Labute approximate surface area is 123 Å². The number of nitriles is 1. The number of carbonyl (C=O) groups excluding carboxylic acids is 2. The number of carbonyl (C=O) groups is 2. The van der Waals surface area contributed by atoms with Gasteiger partial charge in [0, 0.05) is 0 Å². The van der Waals surface area contributed by atoms with E-state index in [4.69, 9.17) is 15.7 Å². The van der Waals surface area contributed by atoms with E-state index >= 15 is 0 Å². The molecule has 1 atom stereocenters. The zero-order valence-corrected chi connectivity index (χ0v) is 12.3. The van der Waals surface area contributed by atoms with Gasteiger partial charge in [0.15, 0.2) is 0 Å². The zero-order chi connectivity index (χ0) is 16.0. The van der Waals surface area contributed by atoms with Crippen molar-refractivity contribution in [1.82, 2.24) is 0 Å². The number of nitrogens with zero attached hydrogens (tertiary/aromatic N) is 1. The van der Waals surface area contributed by atoms with Gasteiger partial charge >= 0.3 is 12.1 Å². The van der Waals surface area contributed by atoms with Crippen molar-refractivity contribution in [3.63, 3.8) is 0 Å². The van der Waals surface area contributed by atoms with Crippen molar-refractivity contribution in [2.24, 2.45) is 5.73 Å². The highest BCUT2D eigenvalue weighted by atomic mass is 16.7. The molecular weight excluding hydrogens is 272 g/mol. The van der Waals surface area contributed by atoms with Gasteiger partial charge in [-0.2, -0.15) is 5.26 Å². The Kier molecular flexibility index (Phi) is 5.44. The maximum absolute atomic E-state index is 11.7. The number of hydrogen-bond acceptors (Lipinski definition) is 6. The monoisotopic (exact) mass is 290 g/mol. The molecule has 2 N–H and O–H groups in total. The van der Waals surface area contributed by atoms with E-state index in [0.29, 0.717) is 5.56 Å². The average Bonchev–Trinajstić information content (AvgIpc) is 2.37. The lowest BCUT2D eigenvalue weighted by Gasteiger charge is -2.19. The number of nitrogens with two attached hydrogens (primary N) is 1. The number of benzene rings is 1. The predicted molar refractivity (Wildman–Crippen MR) is 75.2 cm³/mol. The van der Waals surface area contributed by atoms with Gasteiger partial charge < -0.3 is 15.2 Å². The fraction of sp³-hybridized carbons (Fsp3) is 0.400. The minimum atomic E-state index is -1.07. The molecule has 0 radical (unpaired) electrons. The summed E-state index contributed by atoms with van der Waals surface area (Å²) in [6.45, 7) is 4.99. The van der Waals surface area contributed by atoms with Crippen LogP contribution in [0.4, 0.5) is 4.79 Å². The summed E-state index contributed by atoms with van der Waals surface area (Å²) < 4.78 is 9.39. The molecule has 0 aliphatic carbocycles. The molecule has 0 saturated carbocycles. The molecule has 0 fully saturated rings. The summed E-state index contributed by atoms with van der Waals surface area (Å²) in [4.78, 5) is 23.0. The summed E-state index contributed by atoms with van der Waals surface area (Å²) in [6, 6.07) is 7.65. The zero-order valence-electron chi connectivity index (χ0n) is 12.3. The van der Waals surface area contributed by atoms with Crippen molar-refractivity contribution in [1.29, 1.82) is 5.26 Å². The van der Waals surface area contributed by atoms with Crippen LogP contribution in [0, 0.1) is 11.3 Å². The second-order valence-corrected chi connectivity index (χ2v) is 5.50. The van der Waals surface area contributed by atoms with E-state index in [1.165, 1.54) is 0 Å². The highest BCUT2D eigenvalue weighted by Gasteiger charge is 2.24. The van der Waals surface area contributed by atoms with Crippen LogP contribution in [0.15, 0.2) is 24.3 Å². The molecule has 0 heterocycles. The van der Waals surface area contributed by atoms with Crippen molar-refractivity contribution in [3.05, 3.63) is 35.4 Å². The molecule has 0 aliphatic heterocycles. The fourth-order valence-corrected chi connectivity index (χ4v) is 1.48. The molecule has 0 aromatic heterocycles. The molecule has 0 spiro atoms. The number of esters is 1. The number of rotatable bonds is 3.